The van der Waals surface area contributed by atoms with Gasteiger partial charge in [0.2, 0.25) is 5.91 Å². The Morgan fingerprint density at radius 3 is 2.38 bits per heavy atom. The monoisotopic (exact) mass is 360 g/mol. The number of hydrogen-bond donors (Lipinski definition) is 3. The molecule has 6 nitrogen and oxygen atoms in total. The predicted molar refractivity (Wildman–Crippen MR) is 96.6 cm³/mol. The summed E-state index contributed by atoms with van der Waals surface area (Å²) in [4.78, 5) is 33.0. The Morgan fingerprint density at radius 2 is 1.96 bits per heavy atom. The molecule has 0 unspecified atom stereocenters. The Kier molecular flexibility index (Phi) is 8.13. The molecule has 0 spiro atoms. The van der Waals surface area contributed by atoms with Crippen molar-refractivity contribution in [1.82, 2.24) is 10.2 Å². The Balaban J connectivity index is 3.15. The van der Waals surface area contributed by atoms with E-state index in [0.717, 1.165) is 19.5 Å². The number of carbonyl (C=O) groups is 1. The van der Waals surface area contributed by atoms with E-state index in [-0.39, 0.29) is 29.2 Å². The van der Waals surface area contributed by atoms with Crippen molar-refractivity contribution in [2.45, 2.75) is 66.0 Å². The van der Waals surface area contributed by atoms with Crippen LogP contribution >= 0.6 is 7.60 Å². The highest BCUT2D eigenvalue weighted by atomic mass is 31.2. The second-order valence-electron chi connectivity index (χ2n) is 7.07. The van der Waals surface area contributed by atoms with Crippen molar-refractivity contribution in [3.63, 3.8) is 0 Å². The molecule has 3 atom stereocenters. The van der Waals surface area contributed by atoms with Gasteiger partial charge < -0.3 is 20.0 Å². The van der Waals surface area contributed by atoms with Crippen LogP contribution in [0.4, 0.5) is 0 Å². The summed E-state index contributed by atoms with van der Waals surface area (Å²) in [5, 5.41) is 3.32. The van der Waals surface area contributed by atoms with E-state index in [4.69, 9.17) is 0 Å². The van der Waals surface area contributed by atoms with Gasteiger partial charge in [-0.15, -0.1) is 0 Å². The van der Waals surface area contributed by atoms with Gasteiger partial charge in [-0.05, 0) is 44.2 Å². The molecule has 7 heteroatoms. The number of hydrogen-bond acceptors (Lipinski definition) is 3. The Morgan fingerprint density at radius 1 is 1.38 bits per heavy atom. The highest BCUT2D eigenvalue weighted by Gasteiger charge is 2.39. The van der Waals surface area contributed by atoms with Crippen LogP contribution in [0.15, 0.2) is 11.4 Å². The number of rotatable bonds is 8. The predicted octanol–water partition coefficient (Wildman–Crippen LogP) is 2.72. The molecule has 0 aromatic heterocycles. The second-order valence-corrected chi connectivity index (χ2v) is 8.73. The maximum absolute atomic E-state index is 11.7. The SMILES string of the molecule is CCN(CC)[C@@H]1CC(P(=O)(O)O)=CC[C@@H]1[C@H](CC(C)C)NC(C)=O. The van der Waals surface area contributed by atoms with Gasteiger partial charge in [0.05, 0.1) is 0 Å². The van der Waals surface area contributed by atoms with Crippen LogP contribution in [0.5, 0.6) is 0 Å². The lowest BCUT2D eigenvalue weighted by molar-refractivity contribution is -0.120. The van der Waals surface area contributed by atoms with Gasteiger partial charge in [0.15, 0.2) is 0 Å². The summed E-state index contributed by atoms with van der Waals surface area (Å²) < 4.78 is 11.7. The van der Waals surface area contributed by atoms with Gasteiger partial charge in [0.25, 0.3) is 0 Å². The van der Waals surface area contributed by atoms with Crippen molar-refractivity contribution in [3.05, 3.63) is 11.4 Å². The molecule has 0 aliphatic heterocycles. The first-order valence-electron chi connectivity index (χ1n) is 8.86. The minimum atomic E-state index is -4.20. The van der Waals surface area contributed by atoms with Crippen molar-refractivity contribution < 1.29 is 19.1 Å². The number of carbonyl (C=O) groups excluding carboxylic acids is 1. The molecular weight excluding hydrogens is 327 g/mol. The highest BCUT2D eigenvalue weighted by molar-refractivity contribution is 7.56. The van der Waals surface area contributed by atoms with Gasteiger partial charge >= 0.3 is 7.60 Å². The topological polar surface area (TPSA) is 89.9 Å². The zero-order chi connectivity index (χ0) is 18.5. The van der Waals surface area contributed by atoms with Crippen LogP contribution < -0.4 is 5.32 Å². The lowest BCUT2D eigenvalue weighted by Gasteiger charge is -2.43. The number of allylic oxidation sites excluding steroid dienone is 1. The van der Waals surface area contributed by atoms with Crippen LogP contribution in [0.3, 0.4) is 0 Å². The molecule has 0 aromatic carbocycles. The maximum Gasteiger partial charge on any atom is 0.351 e. The third kappa shape index (κ3) is 5.99. The summed E-state index contributed by atoms with van der Waals surface area (Å²) in [6.45, 7) is 11.5. The molecule has 0 saturated carbocycles. The van der Waals surface area contributed by atoms with E-state index in [2.05, 4.69) is 37.9 Å². The van der Waals surface area contributed by atoms with Gasteiger partial charge in [-0.2, -0.15) is 0 Å². The van der Waals surface area contributed by atoms with Crippen LogP contribution in [0.1, 0.15) is 53.9 Å². The average molecular weight is 360 g/mol. The van der Waals surface area contributed by atoms with Crippen molar-refractivity contribution in [2.75, 3.05) is 13.1 Å². The first-order chi connectivity index (χ1) is 11.1. The van der Waals surface area contributed by atoms with Crippen LogP contribution in [0.25, 0.3) is 0 Å². The van der Waals surface area contributed by atoms with E-state index < -0.39 is 7.60 Å². The minimum absolute atomic E-state index is 0.0164. The zero-order valence-corrected chi connectivity index (χ0v) is 16.4. The standard InChI is InChI=1S/C17H33N2O4P/c1-6-19(7-2)17-11-14(24(21,22)23)8-9-15(17)16(10-12(3)4)18-13(5)20/h8,12,15-17H,6-7,9-11H2,1-5H3,(H,18,20)(H2,21,22,23)/t15-,16+,17-/m1/s1. The quantitative estimate of drug-likeness (QED) is 0.579. The number of nitrogens with zero attached hydrogens (tertiary/aromatic N) is 1. The average Bonchev–Trinajstić information content (AvgIpc) is 2.46. The van der Waals surface area contributed by atoms with E-state index >= 15 is 0 Å². The number of nitrogens with one attached hydrogen (secondary N) is 1. The van der Waals surface area contributed by atoms with Crippen molar-refractivity contribution in [3.8, 4) is 0 Å². The molecule has 0 saturated heterocycles. The van der Waals surface area contributed by atoms with E-state index in [0.29, 0.717) is 18.8 Å². The third-order valence-corrected chi connectivity index (χ3v) is 5.94. The number of amides is 1. The smallest absolute Gasteiger partial charge is 0.351 e. The summed E-state index contributed by atoms with van der Waals surface area (Å²) in [6.07, 6.45) is 3.51. The first kappa shape index (κ1) is 21.4. The molecule has 0 aromatic rings. The first-order valence-corrected chi connectivity index (χ1v) is 10.5. The molecule has 1 aliphatic rings. The van der Waals surface area contributed by atoms with Crippen LogP contribution in [0, 0.1) is 11.8 Å². The summed E-state index contributed by atoms with van der Waals surface area (Å²) in [5.74, 6) is 0.543. The summed E-state index contributed by atoms with van der Waals surface area (Å²) in [6, 6.07) is 0.0471. The summed E-state index contributed by atoms with van der Waals surface area (Å²) in [5.41, 5.74) is 0. The zero-order valence-electron chi connectivity index (χ0n) is 15.5. The Bertz CT molecular complexity index is 497. The van der Waals surface area contributed by atoms with Crippen molar-refractivity contribution >= 4 is 13.5 Å². The molecule has 1 aliphatic carbocycles. The normalized spacial score (nSPS) is 23.3. The summed E-state index contributed by atoms with van der Waals surface area (Å²) >= 11 is 0. The van der Waals surface area contributed by atoms with Crippen LogP contribution in [-0.4, -0.2) is 45.8 Å². The van der Waals surface area contributed by atoms with Gasteiger partial charge in [-0.1, -0.05) is 33.8 Å². The van der Waals surface area contributed by atoms with Gasteiger partial charge in [0, 0.05) is 24.3 Å². The lowest BCUT2D eigenvalue weighted by atomic mass is 9.79. The molecule has 1 amide bonds. The largest absolute Gasteiger partial charge is 0.353 e. The van der Waals surface area contributed by atoms with E-state index in [1.807, 2.05) is 0 Å². The fourth-order valence-electron chi connectivity index (χ4n) is 3.75. The van der Waals surface area contributed by atoms with E-state index in [1.165, 1.54) is 6.92 Å². The third-order valence-electron chi connectivity index (χ3n) is 4.82. The molecule has 140 valence electrons. The van der Waals surface area contributed by atoms with Gasteiger partial charge in [-0.25, -0.2) is 0 Å². The highest BCUT2D eigenvalue weighted by Crippen LogP contribution is 2.51. The molecule has 24 heavy (non-hydrogen) atoms. The molecule has 3 N–H and O–H groups in total. The Hall–Kier alpha value is -0.680. The lowest BCUT2D eigenvalue weighted by Crippen LogP contribution is -2.51. The summed E-state index contributed by atoms with van der Waals surface area (Å²) in [7, 11) is -4.20. The fourth-order valence-corrected chi connectivity index (χ4v) is 4.52. The molecule has 0 fully saturated rings. The molecule has 0 heterocycles. The molecule has 1 rings (SSSR count). The molecular formula is C17H33N2O4P. The minimum Gasteiger partial charge on any atom is -0.353 e. The second kappa shape index (κ2) is 9.14. The maximum atomic E-state index is 11.7. The van der Waals surface area contributed by atoms with Gasteiger partial charge in [-0.3, -0.25) is 9.36 Å². The molecule has 0 bridgehead atoms. The van der Waals surface area contributed by atoms with Crippen LogP contribution in [0.2, 0.25) is 0 Å². The Labute approximate surface area is 145 Å². The van der Waals surface area contributed by atoms with E-state index in [9.17, 15) is 19.1 Å². The van der Waals surface area contributed by atoms with Crippen LogP contribution in [-0.2, 0) is 9.36 Å². The van der Waals surface area contributed by atoms with Crippen molar-refractivity contribution in [2.24, 2.45) is 11.8 Å². The van der Waals surface area contributed by atoms with E-state index in [1.54, 1.807) is 6.08 Å². The van der Waals surface area contributed by atoms with Crippen molar-refractivity contribution in [1.29, 1.82) is 0 Å². The fraction of sp³-hybridized carbons (Fsp3) is 0.824. The van der Waals surface area contributed by atoms with Gasteiger partial charge in [0.1, 0.15) is 0 Å². The molecule has 0 radical (unpaired) electrons.